The van der Waals surface area contributed by atoms with E-state index in [2.05, 4.69) is 17.6 Å². The van der Waals surface area contributed by atoms with E-state index in [1.54, 1.807) is 24.3 Å². The van der Waals surface area contributed by atoms with Crippen molar-refractivity contribution in [2.45, 2.75) is 76.9 Å². The molecule has 7 nitrogen and oxygen atoms in total. The lowest BCUT2D eigenvalue weighted by molar-refractivity contribution is -0.184. The maximum atomic E-state index is 12.4. The van der Waals surface area contributed by atoms with E-state index in [1.807, 2.05) is 0 Å². The smallest absolute Gasteiger partial charge is 0.272 e. The summed E-state index contributed by atoms with van der Waals surface area (Å²) < 4.78 is 41.7. The first kappa shape index (κ1) is 28.7. The Kier molecular flexibility index (Phi) is 11.4. The van der Waals surface area contributed by atoms with Crippen LogP contribution >= 0.6 is 12.4 Å². The predicted octanol–water partition coefficient (Wildman–Crippen LogP) is 3.07. The fourth-order valence-electron chi connectivity index (χ4n) is 4.54. The molecule has 10 heteroatoms. The summed E-state index contributed by atoms with van der Waals surface area (Å²) in [5.74, 6) is 0.0471. The van der Waals surface area contributed by atoms with Crippen molar-refractivity contribution >= 4 is 18.3 Å². The van der Waals surface area contributed by atoms with Crippen LogP contribution in [0.5, 0.6) is 5.75 Å². The molecule has 2 aliphatic rings. The highest BCUT2D eigenvalue weighted by Gasteiger charge is 2.34. The third-order valence-corrected chi connectivity index (χ3v) is 6.38. The number of aliphatic hydroxyl groups is 1. The number of rotatable bonds is 11. The normalized spacial score (nSPS) is 23.7. The first-order valence-corrected chi connectivity index (χ1v) is 11.7. The fourth-order valence-corrected chi connectivity index (χ4v) is 4.54. The molecule has 0 radical (unpaired) electrons. The number of nitrogens with one attached hydrogen (secondary N) is 2. The van der Waals surface area contributed by atoms with E-state index in [0.29, 0.717) is 25.3 Å². The van der Waals surface area contributed by atoms with E-state index in [0.717, 1.165) is 5.56 Å². The molecule has 34 heavy (non-hydrogen) atoms. The molecule has 3 rings (SSSR count). The van der Waals surface area contributed by atoms with Gasteiger partial charge in [0.15, 0.2) is 6.29 Å². The van der Waals surface area contributed by atoms with Crippen LogP contribution in [0.25, 0.3) is 0 Å². The number of alkyl halides is 2. The zero-order chi connectivity index (χ0) is 23.8. The van der Waals surface area contributed by atoms with Gasteiger partial charge in [-0.3, -0.25) is 4.79 Å². The van der Waals surface area contributed by atoms with Crippen molar-refractivity contribution in [3.8, 4) is 5.75 Å². The topological polar surface area (TPSA) is 89.1 Å². The van der Waals surface area contributed by atoms with Gasteiger partial charge in [0.25, 0.3) is 6.43 Å². The lowest BCUT2D eigenvalue weighted by Crippen LogP contribution is -2.59. The monoisotopic (exact) mass is 506 g/mol. The average Bonchev–Trinajstić information content (AvgIpc) is 3.22. The zero-order valence-electron chi connectivity index (χ0n) is 19.8. The van der Waals surface area contributed by atoms with Gasteiger partial charge in [-0.25, -0.2) is 8.78 Å². The second kappa shape index (κ2) is 13.5. The molecule has 0 bridgehead atoms. The summed E-state index contributed by atoms with van der Waals surface area (Å²) in [6, 6.07) is 5.75. The first-order valence-electron chi connectivity index (χ1n) is 11.7. The van der Waals surface area contributed by atoms with Crippen molar-refractivity contribution in [3.63, 3.8) is 0 Å². The summed E-state index contributed by atoms with van der Waals surface area (Å²) in [7, 11) is 0. The molecule has 0 spiro atoms. The zero-order valence-corrected chi connectivity index (χ0v) is 20.6. The number of benzene rings is 1. The molecule has 1 saturated carbocycles. The molecule has 1 aliphatic carbocycles. The number of halogens is 3. The van der Waals surface area contributed by atoms with E-state index in [4.69, 9.17) is 14.2 Å². The Hall–Kier alpha value is -1.52. The van der Waals surface area contributed by atoms with Gasteiger partial charge in [-0.05, 0) is 42.4 Å². The predicted molar refractivity (Wildman–Crippen MR) is 127 cm³/mol. The van der Waals surface area contributed by atoms with Gasteiger partial charge in [-0.2, -0.15) is 0 Å². The Bertz CT molecular complexity index is 759. The molecular weight excluding hydrogens is 470 g/mol. The third kappa shape index (κ3) is 8.92. The standard InChI is InChI=1S/C24H36F2N2O5.ClH/c1-16(29)28-19(11-17-6-5-7-18(10-17)31-14-21(25)26)23(30)20-13-32-22(12-27-20)33-15-24(2)8-3-4-9-24;/h5-7,10,19-23,27,30H,3-4,8-9,11-15H2,1-2H3,(H,28,29);1H/t19-,20+,22-,23-;/m0./s1. The van der Waals surface area contributed by atoms with E-state index in [-0.39, 0.29) is 42.7 Å². The van der Waals surface area contributed by atoms with Crippen LogP contribution in [0.1, 0.15) is 45.1 Å². The lowest BCUT2D eigenvalue weighted by atomic mass is 9.90. The van der Waals surface area contributed by atoms with E-state index in [9.17, 15) is 18.7 Å². The fraction of sp³-hybridized carbons (Fsp3) is 0.708. The van der Waals surface area contributed by atoms with Crippen LogP contribution in [0.3, 0.4) is 0 Å². The molecule has 1 aromatic carbocycles. The van der Waals surface area contributed by atoms with Crippen LogP contribution in [0.15, 0.2) is 24.3 Å². The molecule has 194 valence electrons. The Morgan fingerprint density at radius 1 is 1.35 bits per heavy atom. The van der Waals surface area contributed by atoms with Crippen molar-refractivity contribution in [2.75, 3.05) is 26.4 Å². The van der Waals surface area contributed by atoms with E-state index >= 15 is 0 Å². The highest BCUT2D eigenvalue weighted by Crippen LogP contribution is 2.37. The molecule has 0 unspecified atom stereocenters. The molecule has 4 atom stereocenters. The maximum absolute atomic E-state index is 12.4. The van der Waals surface area contributed by atoms with Crippen molar-refractivity contribution in [3.05, 3.63) is 29.8 Å². The second-order valence-electron chi connectivity index (χ2n) is 9.46. The number of hydrogen-bond acceptors (Lipinski definition) is 6. The molecule has 1 aromatic rings. The van der Waals surface area contributed by atoms with E-state index < -0.39 is 25.2 Å². The van der Waals surface area contributed by atoms with Crippen molar-refractivity contribution < 1.29 is 32.9 Å². The van der Waals surface area contributed by atoms with Gasteiger partial charge < -0.3 is 30.0 Å². The summed E-state index contributed by atoms with van der Waals surface area (Å²) in [4.78, 5) is 11.8. The lowest BCUT2D eigenvalue weighted by Gasteiger charge is -2.37. The summed E-state index contributed by atoms with van der Waals surface area (Å²) in [5.41, 5.74) is 0.964. The van der Waals surface area contributed by atoms with Gasteiger partial charge in [0.05, 0.1) is 31.4 Å². The molecule has 1 amide bonds. The van der Waals surface area contributed by atoms with Crippen LogP contribution in [-0.2, 0) is 20.7 Å². The van der Waals surface area contributed by atoms with Gasteiger partial charge in [0, 0.05) is 13.5 Å². The third-order valence-electron chi connectivity index (χ3n) is 6.38. The van der Waals surface area contributed by atoms with Crippen molar-refractivity contribution in [2.24, 2.45) is 5.41 Å². The summed E-state index contributed by atoms with van der Waals surface area (Å²) in [6.45, 7) is 4.30. The second-order valence-corrected chi connectivity index (χ2v) is 9.46. The molecule has 3 N–H and O–H groups in total. The Balaban J connectivity index is 0.00000408. The molecule has 0 aromatic heterocycles. The quantitative estimate of drug-likeness (QED) is 0.427. The van der Waals surface area contributed by atoms with Crippen molar-refractivity contribution in [1.29, 1.82) is 0 Å². The van der Waals surface area contributed by atoms with Gasteiger partial charge in [0.2, 0.25) is 5.91 Å². The van der Waals surface area contributed by atoms with Crippen LogP contribution in [0, 0.1) is 5.41 Å². The minimum atomic E-state index is -2.56. The highest BCUT2D eigenvalue weighted by molar-refractivity contribution is 5.85. The number of ether oxygens (including phenoxy) is 3. The molecule has 1 saturated heterocycles. The Labute approximate surface area is 206 Å². The average molecular weight is 507 g/mol. The summed E-state index contributed by atoms with van der Waals surface area (Å²) in [6.07, 6.45) is 1.27. The van der Waals surface area contributed by atoms with Crippen LogP contribution in [0.4, 0.5) is 8.78 Å². The van der Waals surface area contributed by atoms with Crippen LogP contribution in [0.2, 0.25) is 0 Å². The molecule has 1 aliphatic heterocycles. The number of aliphatic hydroxyl groups excluding tert-OH is 1. The first-order chi connectivity index (χ1) is 15.7. The van der Waals surface area contributed by atoms with Gasteiger partial charge in [-0.1, -0.05) is 31.9 Å². The molecular formula is C24H37ClF2N2O5. The Morgan fingerprint density at radius 3 is 2.71 bits per heavy atom. The maximum Gasteiger partial charge on any atom is 0.272 e. The number of hydrogen-bond donors (Lipinski definition) is 3. The largest absolute Gasteiger partial charge is 0.488 e. The van der Waals surface area contributed by atoms with Gasteiger partial charge in [0.1, 0.15) is 12.4 Å². The SMILES string of the molecule is CC(=O)N[C@@H](Cc1cccc(OCC(F)F)c1)[C@H](O)[C@H]1CO[C@@H](OCC2(C)CCCC2)CN1.Cl. The van der Waals surface area contributed by atoms with E-state index in [1.165, 1.54) is 32.6 Å². The minimum absolute atomic E-state index is 0. The summed E-state index contributed by atoms with van der Waals surface area (Å²) >= 11 is 0. The number of carbonyl (C=O) groups excluding carboxylic acids is 1. The number of carbonyl (C=O) groups is 1. The number of amides is 1. The summed E-state index contributed by atoms with van der Waals surface area (Å²) in [5, 5.41) is 17.1. The Morgan fingerprint density at radius 2 is 2.09 bits per heavy atom. The van der Waals surface area contributed by atoms with Crippen LogP contribution < -0.4 is 15.4 Å². The van der Waals surface area contributed by atoms with Crippen molar-refractivity contribution in [1.82, 2.24) is 10.6 Å². The van der Waals surface area contributed by atoms with Gasteiger partial charge in [-0.15, -0.1) is 12.4 Å². The van der Waals surface area contributed by atoms with Crippen LogP contribution in [-0.4, -0.2) is 68.3 Å². The molecule has 1 heterocycles. The minimum Gasteiger partial charge on any atom is -0.488 e. The molecule has 2 fully saturated rings. The highest BCUT2D eigenvalue weighted by atomic mass is 35.5. The van der Waals surface area contributed by atoms with Gasteiger partial charge >= 0.3 is 0 Å². The number of morpholine rings is 1.